The maximum atomic E-state index is 9.48. The van der Waals surface area contributed by atoms with Crippen LogP contribution in [0, 0.1) is 0 Å². The van der Waals surface area contributed by atoms with Gasteiger partial charge in [-0.15, -0.1) is 0 Å². The highest BCUT2D eigenvalue weighted by atomic mass is 35.5. The van der Waals surface area contributed by atoms with Crippen LogP contribution in [0.5, 0.6) is 0 Å². The Hall–Kier alpha value is -0.580. The Kier molecular flexibility index (Phi) is 4.65. The average molecular weight is 272 g/mol. The van der Waals surface area contributed by atoms with Crippen LogP contribution in [0.15, 0.2) is 12.4 Å². The van der Waals surface area contributed by atoms with Gasteiger partial charge in [-0.2, -0.15) is 5.10 Å². The van der Waals surface area contributed by atoms with Gasteiger partial charge in [0.2, 0.25) is 0 Å². The zero-order valence-electron chi connectivity index (χ0n) is 10.9. The quantitative estimate of drug-likeness (QED) is 0.713. The van der Waals surface area contributed by atoms with Crippen molar-refractivity contribution in [1.82, 2.24) is 15.1 Å². The second-order valence-electron chi connectivity index (χ2n) is 5.52. The van der Waals surface area contributed by atoms with E-state index in [4.69, 9.17) is 11.6 Å². The van der Waals surface area contributed by atoms with Crippen LogP contribution in [0.25, 0.3) is 0 Å². The summed E-state index contributed by atoms with van der Waals surface area (Å²) >= 11 is 5.81. The van der Waals surface area contributed by atoms with E-state index in [0.717, 1.165) is 25.8 Å². The van der Waals surface area contributed by atoms with Gasteiger partial charge in [0.1, 0.15) is 0 Å². The number of nitrogens with zero attached hydrogens (tertiary/aromatic N) is 2. The SMILES string of the molecule is CC(CO)(CCCCn1cc(Cl)cn1)NC1CC1. The van der Waals surface area contributed by atoms with E-state index >= 15 is 0 Å². The summed E-state index contributed by atoms with van der Waals surface area (Å²) in [6, 6.07) is 0.632. The standard InChI is InChI=1S/C13H22ClN3O/c1-13(10-18,16-12-4-5-12)6-2-3-7-17-9-11(14)8-15-17/h8-9,12,16,18H,2-7,10H2,1H3. The smallest absolute Gasteiger partial charge is 0.0785 e. The normalized spacial score (nSPS) is 18.8. The Bertz CT molecular complexity index is 378. The molecule has 1 saturated carbocycles. The molecule has 0 spiro atoms. The van der Waals surface area contributed by atoms with E-state index in [1.165, 1.54) is 12.8 Å². The molecule has 0 amide bonds. The highest BCUT2D eigenvalue weighted by Gasteiger charge is 2.31. The van der Waals surface area contributed by atoms with Crippen LogP contribution in [-0.2, 0) is 6.54 Å². The van der Waals surface area contributed by atoms with Crippen LogP contribution in [0.2, 0.25) is 5.02 Å². The van der Waals surface area contributed by atoms with Gasteiger partial charge < -0.3 is 10.4 Å². The molecule has 2 N–H and O–H groups in total. The van der Waals surface area contributed by atoms with E-state index < -0.39 is 0 Å². The van der Waals surface area contributed by atoms with Crippen LogP contribution >= 0.6 is 11.6 Å². The highest BCUT2D eigenvalue weighted by molar-refractivity contribution is 6.30. The fraction of sp³-hybridized carbons (Fsp3) is 0.769. The van der Waals surface area contributed by atoms with E-state index in [1.54, 1.807) is 6.20 Å². The van der Waals surface area contributed by atoms with Gasteiger partial charge in [-0.05, 0) is 39.0 Å². The molecule has 18 heavy (non-hydrogen) atoms. The molecule has 2 rings (SSSR count). The van der Waals surface area contributed by atoms with Crippen LogP contribution in [0.3, 0.4) is 0 Å². The summed E-state index contributed by atoms with van der Waals surface area (Å²) in [6.07, 6.45) is 9.13. The van der Waals surface area contributed by atoms with Gasteiger partial charge in [0, 0.05) is 24.3 Å². The van der Waals surface area contributed by atoms with Gasteiger partial charge >= 0.3 is 0 Å². The van der Waals surface area contributed by atoms with Gasteiger partial charge in [0.15, 0.2) is 0 Å². The van der Waals surface area contributed by atoms with Crippen molar-refractivity contribution < 1.29 is 5.11 Å². The average Bonchev–Trinajstić information content (AvgIpc) is 3.06. The van der Waals surface area contributed by atoms with Crippen molar-refractivity contribution in [3.63, 3.8) is 0 Å². The number of nitrogens with one attached hydrogen (secondary N) is 1. The van der Waals surface area contributed by atoms with Crippen LogP contribution < -0.4 is 5.32 Å². The maximum absolute atomic E-state index is 9.48. The zero-order valence-corrected chi connectivity index (χ0v) is 11.7. The third kappa shape index (κ3) is 4.26. The first-order valence-corrected chi connectivity index (χ1v) is 7.06. The fourth-order valence-corrected chi connectivity index (χ4v) is 2.32. The van der Waals surface area contributed by atoms with Gasteiger partial charge in [0.05, 0.1) is 17.8 Å². The first-order valence-electron chi connectivity index (χ1n) is 6.68. The second-order valence-corrected chi connectivity index (χ2v) is 5.95. The van der Waals surface area contributed by atoms with Crippen LogP contribution in [-0.4, -0.2) is 33.1 Å². The van der Waals surface area contributed by atoms with E-state index in [1.807, 2.05) is 10.9 Å². The second kappa shape index (κ2) is 6.04. The number of halogens is 1. The molecular weight excluding hydrogens is 250 g/mol. The third-order valence-corrected chi connectivity index (χ3v) is 3.64. The topological polar surface area (TPSA) is 50.1 Å². The summed E-state index contributed by atoms with van der Waals surface area (Å²) in [4.78, 5) is 0. The summed E-state index contributed by atoms with van der Waals surface area (Å²) in [6.45, 7) is 3.20. The third-order valence-electron chi connectivity index (χ3n) is 3.45. The van der Waals surface area contributed by atoms with Gasteiger partial charge in [-0.3, -0.25) is 4.68 Å². The lowest BCUT2D eigenvalue weighted by Crippen LogP contribution is -2.46. The Morgan fingerprint density at radius 2 is 2.33 bits per heavy atom. The Balaban J connectivity index is 1.66. The van der Waals surface area contributed by atoms with Crippen molar-refractivity contribution in [3.8, 4) is 0 Å². The minimum atomic E-state index is -0.122. The fourth-order valence-electron chi connectivity index (χ4n) is 2.17. The molecule has 1 aromatic rings. The molecule has 102 valence electrons. The summed E-state index contributed by atoms with van der Waals surface area (Å²) in [5.74, 6) is 0. The molecule has 1 aliphatic carbocycles. The molecule has 1 heterocycles. The Labute approximate surface area is 113 Å². The van der Waals surface area contributed by atoms with Crippen molar-refractivity contribution in [2.75, 3.05) is 6.61 Å². The van der Waals surface area contributed by atoms with E-state index in [2.05, 4.69) is 17.3 Å². The number of aliphatic hydroxyl groups excluding tert-OH is 1. The number of aryl methyl sites for hydroxylation is 1. The minimum Gasteiger partial charge on any atom is -0.394 e. The molecule has 1 aliphatic rings. The summed E-state index contributed by atoms with van der Waals surface area (Å²) in [5, 5.41) is 17.8. The Morgan fingerprint density at radius 3 is 2.89 bits per heavy atom. The molecule has 1 atom stereocenters. The summed E-state index contributed by atoms with van der Waals surface area (Å²) in [7, 11) is 0. The molecule has 1 aromatic heterocycles. The van der Waals surface area contributed by atoms with Gasteiger partial charge in [0.25, 0.3) is 0 Å². The van der Waals surface area contributed by atoms with Crippen molar-refractivity contribution in [2.24, 2.45) is 0 Å². The number of aromatic nitrogens is 2. The van der Waals surface area contributed by atoms with E-state index in [-0.39, 0.29) is 12.1 Å². The van der Waals surface area contributed by atoms with E-state index in [9.17, 15) is 5.11 Å². The van der Waals surface area contributed by atoms with Crippen molar-refractivity contribution in [3.05, 3.63) is 17.4 Å². The number of aliphatic hydroxyl groups is 1. The van der Waals surface area contributed by atoms with E-state index in [0.29, 0.717) is 11.1 Å². The summed E-state index contributed by atoms with van der Waals surface area (Å²) in [5.41, 5.74) is -0.122. The molecule has 1 unspecified atom stereocenters. The molecule has 4 nitrogen and oxygen atoms in total. The van der Waals surface area contributed by atoms with Crippen molar-refractivity contribution in [1.29, 1.82) is 0 Å². The lowest BCUT2D eigenvalue weighted by molar-refractivity contribution is 0.160. The zero-order chi connectivity index (χ0) is 13.0. The first-order chi connectivity index (χ1) is 8.61. The van der Waals surface area contributed by atoms with Crippen LogP contribution in [0.1, 0.15) is 39.0 Å². The van der Waals surface area contributed by atoms with Gasteiger partial charge in [-0.25, -0.2) is 0 Å². The van der Waals surface area contributed by atoms with Crippen molar-refractivity contribution in [2.45, 2.75) is 57.2 Å². The molecule has 5 heteroatoms. The van der Waals surface area contributed by atoms with Gasteiger partial charge in [-0.1, -0.05) is 11.6 Å². The Morgan fingerprint density at radius 1 is 1.56 bits per heavy atom. The molecule has 0 saturated heterocycles. The monoisotopic (exact) mass is 271 g/mol. The number of unbranched alkanes of at least 4 members (excludes halogenated alkanes) is 1. The molecule has 0 aliphatic heterocycles. The van der Waals surface area contributed by atoms with Crippen LogP contribution in [0.4, 0.5) is 0 Å². The molecule has 1 fully saturated rings. The summed E-state index contributed by atoms with van der Waals surface area (Å²) < 4.78 is 1.87. The lowest BCUT2D eigenvalue weighted by atomic mass is 9.95. The van der Waals surface area contributed by atoms with Crippen molar-refractivity contribution >= 4 is 11.6 Å². The number of hydrogen-bond donors (Lipinski definition) is 2. The molecule has 0 aromatic carbocycles. The predicted octanol–water partition coefficient (Wildman–Crippen LogP) is 2.21. The first kappa shape index (κ1) is 13.8. The molecule has 0 radical (unpaired) electrons. The number of rotatable bonds is 8. The molecule has 0 bridgehead atoms. The molecular formula is C13H22ClN3O. The maximum Gasteiger partial charge on any atom is 0.0785 e. The lowest BCUT2D eigenvalue weighted by Gasteiger charge is -2.29. The number of hydrogen-bond acceptors (Lipinski definition) is 3. The highest BCUT2D eigenvalue weighted by Crippen LogP contribution is 2.25. The minimum absolute atomic E-state index is 0.122. The largest absolute Gasteiger partial charge is 0.394 e. The predicted molar refractivity (Wildman–Crippen MR) is 72.7 cm³/mol.